The lowest BCUT2D eigenvalue weighted by atomic mass is 9.91. The molecule has 0 saturated heterocycles. The fraction of sp³-hybridized carbons (Fsp3) is 0.838. The van der Waals surface area contributed by atoms with Crippen LogP contribution in [0.15, 0.2) is 0 Å². The number of hydrogen-bond acceptors (Lipinski definition) is 10. The quantitative estimate of drug-likeness (QED) is 0.0579. The normalized spacial score (nSPS) is 11.9. The highest BCUT2D eigenvalue weighted by atomic mass is 16.5. The molecule has 0 unspecified atom stereocenters. The van der Waals surface area contributed by atoms with Gasteiger partial charge in [0.25, 0.3) is 0 Å². The number of carboxylic acid groups (broad SMARTS) is 2. The monoisotopic (exact) mass is 745 g/mol. The average Bonchev–Trinajstić information content (AvgIpc) is 3.08. The number of carbonyl (C=O) groups is 6. The summed E-state index contributed by atoms with van der Waals surface area (Å²) in [6.07, 6.45) is 12.8. The van der Waals surface area contributed by atoms with Gasteiger partial charge in [-0.25, -0.2) is 4.79 Å². The van der Waals surface area contributed by atoms with Gasteiger partial charge in [-0.05, 0) is 19.3 Å². The second-order valence-electron chi connectivity index (χ2n) is 13.8. The number of Topliss-reactive ketones (excluding diaryl/α,β-unsaturated/α-hetero) is 1. The van der Waals surface area contributed by atoms with Crippen molar-refractivity contribution in [1.29, 1.82) is 0 Å². The highest BCUT2D eigenvalue weighted by Crippen LogP contribution is 2.15. The molecule has 0 radical (unpaired) electrons. The van der Waals surface area contributed by atoms with E-state index in [2.05, 4.69) is 16.0 Å². The van der Waals surface area contributed by atoms with Gasteiger partial charge in [0.15, 0.2) is 5.78 Å². The van der Waals surface area contributed by atoms with Crippen LogP contribution in [-0.4, -0.2) is 118 Å². The molecular formula is C37H67N3O12. The Hall–Kier alpha value is -3.14. The Morgan fingerprint density at radius 2 is 0.962 bits per heavy atom. The van der Waals surface area contributed by atoms with E-state index in [1.807, 2.05) is 20.8 Å². The van der Waals surface area contributed by atoms with Gasteiger partial charge in [-0.1, -0.05) is 85.0 Å². The molecule has 0 aliphatic rings. The zero-order valence-electron chi connectivity index (χ0n) is 31.9. The van der Waals surface area contributed by atoms with Gasteiger partial charge in [-0.2, -0.15) is 0 Å². The number of rotatable bonds is 36. The molecule has 0 aromatic rings. The van der Waals surface area contributed by atoms with Crippen LogP contribution < -0.4 is 16.0 Å². The lowest BCUT2D eigenvalue weighted by Gasteiger charge is -2.16. The molecule has 302 valence electrons. The van der Waals surface area contributed by atoms with Gasteiger partial charge in [0.2, 0.25) is 17.7 Å². The van der Waals surface area contributed by atoms with Crippen molar-refractivity contribution in [3.8, 4) is 0 Å². The van der Waals surface area contributed by atoms with Crippen LogP contribution in [-0.2, 0) is 47.7 Å². The summed E-state index contributed by atoms with van der Waals surface area (Å²) in [7, 11) is 0. The highest BCUT2D eigenvalue weighted by Gasteiger charge is 2.21. The third-order valence-electron chi connectivity index (χ3n) is 8.02. The maximum Gasteiger partial charge on any atom is 0.326 e. The minimum atomic E-state index is -1.18. The van der Waals surface area contributed by atoms with Crippen molar-refractivity contribution in [2.75, 3.05) is 65.9 Å². The van der Waals surface area contributed by atoms with E-state index in [1.54, 1.807) is 0 Å². The van der Waals surface area contributed by atoms with Crippen LogP contribution in [0.1, 0.15) is 124 Å². The van der Waals surface area contributed by atoms with Crippen molar-refractivity contribution in [2.45, 2.75) is 130 Å². The molecule has 15 heteroatoms. The number of ether oxygens (including phenoxy) is 4. The number of carboxylic acids is 2. The SMILES string of the molecule is CC(C)(C)C(=O)COCCOCCNC(=O)COCCOCCNC(=O)CC[C@H](NC(=O)CCCCCCCCCCCCCCC(=O)O)C(=O)O. The Kier molecular flexibility index (Phi) is 30.5. The van der Waals surface area contributed by atoms with E-state index in [9.17, 15) is 33.9 Å². The molecule has 52 heavy (non-hydrogen) atoms. The Morgan fingerprint density at radius 1 is 0.519 bits per heavy atom. The summed E-state index contributed by atoms with van der Waals surface area (Å²) < 4.78 is 21.3. The number of nitrogens with one attached hydrogen (secondary N) is 3. The van der Waals surface area contributed by atoms with Crippen molar-refractivity contribution in [2.24, 2.45) is 5.41 Å². The fourth-order valence-electron chi connectivity index (χ4n) is 4.78. The van der Waals surface area contributed by atoms with Gasteiger partial charge in [0.05, 0.1) is 39.6 Å². The molecule has 0 fully saturated rings. The number of carbonyl (C=O) groups excluding carboxylic acids is 4. The maximum absolute atomic E-state index is 12.3. The summed E-state index contributed by atoms with van der Waals surface area (Å²) in [4.78, 5) is 70.1. The summed E-state index contributed by atoms with van der Waals surface area (Å²) >= 11 is 0. The maximum atomic E-state index is 12.3. The van der Waals surface area contributed by atoms with Crippen LogP contribution in [0.4, 0.5) is 0 Å². The molecule has 0 bridgehead atoms. The summed E-state index contributed by atoms with van der Waals surface area (Å²) in [6.45, 7) is 7.46. The predicted molar refractivity (Wildman–Crippen MR) is 195 cm³/mol. The summed E-state index contributed by atoms with van der Waals surface area (Å²) in [6, 6.07) is -1.13. The minimum absolute atomic E-state index is 0.0208. The topological polar surface area (TPSA) is 216 Å². The first kappa shape index (κ1) is 48.9. The summed E-state index contributed by atoms with van der Waals surface area (Å²) in [5, 5.41) is 25.9. The molecule has 0 aromatic heterocycles. The van der Waals surface area contributed by atoms with E-state index in [0.29, 0.717) is 32.8 Å². The standard InChI is InChI=1S/C37H67N3O12/c1-37(2,3)31(41)28-51-26-24-50-23-21-39-34(44)29-52-27-25-49-22-20-38-32(42)19-18-30(36(47)48)40-33(43)16-14-12-10-8-6-4-5-7-9-11-13-15-17-35(45)46/h30H,4-29H2,1-3H3,(H,38,42)(H,39,44)(H,40,43)(H,45,46)(H,47,48)/t30-/m0/s1. The molecule has 5 N–H and O–H groups in total. The molecule has 0 aromatic carbocycles. The largest absolute Gasteiger partial charge is 0.481 e. The van der Waals surface area contributed by atoms with E-state index in [-0.39, 0.29) is 88.8 Å². The molecule has 0 rings (SSSR count). The summed E-state index contributed by atoms with van der Waals surface area (Å²) in [5.74, 6) is -2.86. The molecule has 3 amide bonds. The molecule has 15 nitrogen and oxygen atoms in total. The second-order valence-corrected chi connectivity index (χ2v) is 13.8. The van der Waals surface area contributed by atoms with Crippen LogP contribution >= 0.6 is 0 Å². The molecule has 0 saturated carbocycles. The third-order valence-corrected chi connectivity index (χ3v) is 8.02. The zero-order valence-corrected chi connectivity index (χ0v) is 31.9. The predicted octanol–water partition coefficient (Wildman–Crippen LogP) is 3.80. The van der Waals surface area contributed by atoms with Crippen molar-refractivity contribution >= 4 is 35.4 Å². The van der Waals surface area contributed by atoms with Gasteiger partial charge < -0.3 is 45.1 Å². The van der Waals surface area contributed by atoms with Crippen molar-refractivity contribution in [1.82, 2.24) is 16.0 Å². The highest BCUT2D eigenvalue weighted by molar-refractivity contribution is 5.85. The van der Waals surface area contributed by atoms with Crippen LogP contribution in [0.3, 0.4) is 0 Å². The number of aliphatic carboxylic acids is 2. The number of amides is 3. The Morgan fingerprint density at radius 3 is 1.44 bits per heavy atom. The van der Waals surface area contributed by atoms with Gasteiger partial charge >= 0.3 is 11.9 Å². The summed E-state index contributed by atoms with van der Waals surface area (Å²) in [5.41, 5.74) is -0.435. The average molecular weight is 746 g/mol. The molecular weight excluding hydrogens is 678 g/mol. The molecule has 0 heterocycles. The zero-order chi connectivity index (χ0) is 38.9. The van der Waals surface area contributed by atoms with Crippen molar-refractivity contribution in [3.63, 3.8) is 0 Å². The second kappa shape index (κ2) is 32.5. The lowest BCUT2D eigenvalue weighted by molar-refractivity contribution is -0.142. The number of ketones is 1. The van der Waals surface area contributed by atoms with E-state index >= 15 is 0 Å². The van der Waals surface area contributed by atoms with Crippen molar-refractivity contribution in [3.05, 3.63) is 0 Å². The lowest BCUT2D eigenvalue weighted by Crippen LogP contribution is -2.41. The molecule has 0 aliphatic carbocycles. The minimum Gasteiger partial charge on any atom is -0.481 e. The number of hydrogen-bond donors (Lipinski definition) is 5. The molecule has 0 spiro atoms. The van der Waals surface area contributed by atoms with E-state index in [4.69, 9.17) is 24.1 Å². The van der Waals surface area contributed by atoms with Gasteiger partial charge in [-0.15, -0.1) is 0 Å². The first-order valence-electron chi connectivity index (χ1n) is 18.9. The molecule has 1 atom stereocenters. The first-order valence-corrected chi connectivity index (χ1v) is 18.9. The van der Waals surface area contributed by atoms with Gasteiger partial charge in [0.1, 0.15) is 19.3 Å². The Balaban J connectivity index is 3.69. The Labute approximate surface area is 310 Å². The van der Waals surface area contributed by atoms with Crippen molar-refractivity contribution < 1.29 is 57.9 Å². The Bertz CT molecular complexity index is 1000. The molecule has 0 aliphatic heterocycles. The number of unbranched alkanes of at least 4 members (excludes halogenated alkanes) is 11. The van der Waals surface area contributed by atoms with E-state index in [1.165, 1.54) is 19.3 Å². The smallest absolute Gasteiger partial charge is 0.326 e. The van der Waals surface area contributed by atoms with E-state index in [0.717, 1.165) is 51.4 Å². The first-order chi connectivity index (χ1) is 24.8. The van der Waals surface area contributed by atoms with E-state index < -0.39 is 23.4 Å². The fourth-order valence-corrected chi connectivity index (χ4v) is 4.78. The van der Waals surface area contributed by atoms with Crippen LogP contribution in [0.2, 0.25) is 0 Å². The van der Waals surface area contributed by atoms with Gasteiger partial charge in [0, 0.05) is 37.8 Å². The van der Waals surface area contributed by atoms with Crippen LogP contribution in [0.5, 0.6) is 0 Å². The van der Waals surface area contributed by atoms with Crippen LogP contribution in [0.25, 0.3) is 0 Å². The van der Waals surface area contributed by atoms with Gasteiger partial charge in [-0.3, -0.25) is 24.0 Å². The van der Waals surface area contributed by atoms with Crippen LogP contribution in [0, 0.1) is 5.41 Å². The third kappa shape index (κ3) is 32.7.